The summed E-state index contributed by atoms with van der Waals surface area (Å²) in [6, 6.07) is 28.4. The number of methoxy groups -OCH3 is 2. The molecule has 0 unspecified atom stereocenters. The predicted octanol–water partition coefficient (Wildman–Crippen LogP) is 3.10. The van der Waals surface area contributed by atoms with Gasteiger partial charge in [-0.3, -0.25) is 14.7 Å². The first kappa shape index (κ1) is 40.0. The predicted molar refractivity (Wildman–Crippen MR) is 181 cm³/mol. The zero-order chi connectivity index (χ0) is 30.7. The monoisotopic (exact) mass is 730 g/mol. The Balaban J connectivity index is 0.000000307. The van der Waals surface area contributed by atoms with Crippen molar-refractivity contribution in [3.8, 4) is 45.3 Å². The first-order chi connectivity index (χ1) is 21.6. The minimum atomic E-state index is -0.512. The van der Waals surface area contributed by atoms with Crippen LogP contribution in [0.1, 0.15) is 0 Å². The molecule has 6 aromatic rings. The zero-order valence-electron chi connectivity index (χ0n) is 26.3. The number of alkyl halides is 2. The Hall–Kier alpha value is -3.19. The average molecular weight is 732 g/mol. The van der Waals surface area contributed by atoms with E-state index >= 15 is 0 Å². The first-order valence-electron chi connectivity index (χ1n) is 14.0. The van der Waals surface area contributed by atoms with Gasteiger partial charge in [0.1, 0.15) is 36.3 Å². The minimum absolute atomic E-state index is 0. The van der Waals surface area contributed by atoms with Crippen molar-refractivity contribution in [2.45, 2.75) is 0 Å². The molecule has 0 fully saturated rings. The standard InChI is InChI=1S/C18H16BrNO2.C18H16FNO2.2FH.K/c2*1-21-17-5-4-13-8-14(2-3-15(13)9-17)16-10-18(12-20-11-16)22-7-6-19;;;/h2*2-5,8-12H,6-7H2,1H3;2*1H;/q;;;;+1/p-1/i;19-1;1-1;;. The van der Waals surface area contributed by atoms with Crippen molar-refractivity contribution >= 4 is 37.5 Å². The molecule has 0 aliphatic carbocycles. The maximum atomic E-state index is 12.2. The normalized spacial score (nSPS) is 9.96. The van der Waals surface area contributed by atoms with Crippen LogP contribution in [0.5, 0.6) is 23.0 Å². The van der Waals surface area contributed by atoms with Gasteiger partial charge in [-0.2, -0.15) is 0 Å². The first-order valence-corrected chi connectivity index (χ1v) is 15.2. The molecule has 47 heavy (non-hydrogen) atoms. The molecule has 4 aromatic carbocycles. The molecule has 0 spiro atoms. The summed E-state index contributed by atoms with van der Waals surface area (Å²) in [5.41, 5.74) is 4.14. The molecule has 0 atom stereocenters. The van der Waals surface area contributed by atoms with E-state index in [4.69, 9.17) is 18.9 Å². The molecular formula is C36H33BrF3KN2O4. The van der Waals surface area contributed by atoms with Gasteiger partial charge >= 0.3 is 51.4 Å². The van der Waals surface area contributed by atoms with Crippen molar-refractivity contribution in [2.24, 2.45) is 0 Å². The van der Waals surface area contributed by atoms with Gasteiger partial charge in [0, 0.05) is 28.9 Å². The van der Waals surface area contributed by atoms with Crippen molar-refractivity contribution in [1.82, 2.24) is 9.97 Å². The van der Waals surface area contributed by atoms with Crippen LogP contribution in [0.25, 0.3) is 43.8 Å². The van der Waals surface area contributed by atoms with Gasteiger partial charge in [-0.05, 0) is 81.2 Å². The van der Waals surface area contributed by atoms with Gasteiger partial charge in [-0.15, -0.1) is 0 Å². The van der Waals surface area contributed by atoms with Crippen LogP contribution in [0.3, 0.4) is 0 Å². The number of halogens is 4. The smallest absolute Gasteiger partial charge is 1.00 e. The second-order valence-electron chi connectivity index (χ2n) is 9.75. The van der Waals surface area contributed by atoms with E-state index in [1.54, 1.807) is 32.8 Å². The van der Waals surface area contributed by atoms with E-state index in [9.17, 15) is 4.39 Å². The fraction of sp³-hybridized carbons (Fsp3) is 0.167. The maximum absolute atomic E-state index is 12.2. The molecule has 0 radical (unpaired) electrons. The number of hydrogen-bond donors (Lipinski definition) is 0. The van der Waals surface area contributed by atoms with E-state index in [0.717, 1.165) is 61.0 Å². The molecule has 0 amide bonds. The third-order valence-electron chi connectivity index (χ3n) is 6.88. The fourth-order valence-electron chi connectivity index (χ4n) is 4.68. The largest absolute Gasteiger partial charge is 1.00 e. The topological polar surface area (TPSA) is 62.7 Å². The number of benzene rings is 4. The molecule has 0 saturated heterocycles. The molecule has 2 aromatic heterocycles. The zero-order valence-corrected chi connectivity index (χ0v) is 31.0. The molecular weight excluding hydrogens is 698 g/mol. The van der Waals surface area contributed by atoms with Gasteiger partial charge in [0.25, 0.3) is 0 Å². The Labute approximate surface area is 322 Å². The second-order valence-corrected chi connectivity index (χ2v) is 10.5. The number of pyridine rings is 2. The average Bonchev–Trinajstić information content (AvgIpc) is 3.09. The Bertz CT molecular complexity index is 1730. The quantitative estimate of drug-likeness (QED) is 0.160. The number of hydrogen-bond acceptors (Lipinski definition) is 6. The molecule has 6 rings (SSSR count). The number of aromatic nitrogens is 2. The molecule has 6 nitrogen and oxygen atoms in total. The van der Waals surface area contributed by atoms with E-state index in [-0.39, 0.29) is 67.4 Å². The molecule has 11 heteroatoms. The third-order valence-corrected chi connectivity index (χ3v) is 7.20. The summed E-state index contributed by atoms with van der Waals surface area (Å²) >= 11 is 3.35. The van der Waals surface area contributed by atoms with Gasteiger partial charge < -0.3 is 23.7 Å². The van der Waals surface area contributed by atoms with E-state index in [0.29, 0.717) is 12.4 Å². The molecule has 0 aliphatic rings. The van der Waals surface area contributed by atoms with E-state index in [2.05, 4.69) is 56.2 Å². The summed E-state index contributed by atoms with van der Waals surface area (Å²) in [6.45, 7) is 0.160. The van der Waals surface area contributed by atoms with Gasteiger partial charge in [0.15, 0.2) is 0 Å². The van der Waals surface area contributed by atoms with Crippen molar-refractivity contribution in [3.63, 3.8) is 0 Å². The Morgan fingerprint density at radius 2 is 0.979 bits per heavy atom. The van der Waals surface area contributed by atoms with Crippen LogP contribution >= 0.6 is 15.9 Å². The van der Waals surface area contributed by atoms with Gasteiger partial charge in [0.2, 0.25) is 0 Å². The van der Waals surface area contributed by atoms with Crippen LogP contribution in [0.15, 0.2) is 110 Å². The van der Waals surface area contributed by atoms with Crippen LogP contribution < -0.4 is 75.0 Å². The van der Waals surface area contributed by atoms with Crippen molar-refractivity contribution in [2.75, 3.05) is 39.4 Å². The summed E-state index contributed by atoms with van der Waals surface area (Å²) in [7, 11) is 3.34. The molecule has 0 bridgehead atoms. The Kier molecular flexibility index (Phi) is 17.2. The molecule has 2 heterocycles. The molecule has 0 aliphatic heterocycles. The van der Waals surface area contributed by atoms with Gasteiger partial charge in [-0.25, -0.2) is 4.39 Å². The summed E-state index contributed by atoms with van der Waals surface area (Å²) < 4.78 is 33.6. The second kappa shape index (κ2) is 20.2. The number of nitrogens with zero attached hydrogens (tertiary/aromatic N) is 2. The van der Waals surface area contributed by atoms with Gasteiger partial charge in [0.05, 0.1) is 33.2 Å². The van der Waals surface area contributed by atoms with E-state index in [1.165, 1.54) is 5.39 Å². The maximum Gasteiger partial charge on any atom is 1.00 e. The van der Waals surface area contributed by atoms with E-state index in [1.807, 2.05) is 60.8 Å². The third kappa shape index (κ3) is 10.9. The number of rotatable bonds is 10. The van der Waals surface area contributed by atoms with Crippen LogP contribution in [0.4, 0.5) is 9.09 Å². The summed E-state index contributed by atoms with van der Waals surface area (Å²) in [5, 5.41) is 5.36. The van der Waals surface area contributed by atoms with Crippen LogP contribution in [0, 0.1) is 0 Å². The summed E-state index contributed by atoms with van der Waals surface area (Å²) in [5.74, 6) is 3.06. The van der Waals surface area contributed by atoms with Crippen LogP contribution in [-0.2, 0) is 0 Å². The van der Waals surface area contributed by atoms with Crippen LogP contribution in [-0.4, -0.2) is 49.4 Å². The van der Waals surface area contributed by atoms with E-state index < -0.39 is 6.67 Å². The van der Waals surface area contributed by atoms with Crippen molar-refractivity contribution in [1.29, 1.82) is 0 Å². The number of ether oxygens (including phenoxy) is 4. The van der Waals surface area contributed by atoms with Gasteiger partial charge in [-0.1, -0.05) is 52.3 Å². The Morgan fingerprint density at radius 3 is 1.40 bits per heavy atom. The Morgan fingerprint density at radius 1 is 0.553 bits per heavy atom. The molecule has 0 saturated carbocycles. The minimum Gasteiger partial charge on any atom is -1.00 e. The summed E-state index contributed by atoms with van der Waals surface area (Å²) in [6.07, 6.45) is 6.95. The number of fused-ring (bicyclic) bond motifs is 2. The summed E-state index contributed by atoms with van der Waals surface area (Å²) in [4.78, 5) is 8.41. The molecule has 240 valence electrons. The fourth-order valence-corrected chi connectivity index (χ4v) is 4.85. The van der Waals surface area contributed by atoms with Crippen molar-refractivity contribution < 1.29 is 84.1 Å². The van der Waals surface area contributed by atoms with Crippen LogP contribution in [0.2, 0.25) is 0 Å². The van der Waals surface area contributed by atoms with Crippen molar-refractivity contribution in [3.05, 3.63) is 110 Å². The SMILES string of the molecule is COc1ccc2cc(-c3cncc(OCCBr)c3)ccc2c1.COc1ccc2cc(-c3cncc(OCC[18F])c3)ccc2c1.F.[18F-].[K+]. The molecule has 0 N–H and O–H groups in total.